The van der Waals surface area contributed by atoms with Gasteiger partial charge in [-0.1, -0.05) is 0 Å². The fourth-order valence-corrected chi connectivity index (χ4v) is 3.47. The highest BCUT2D eigenvalue weighted by Crippen LogP contribution is 2.12. The van der Waals surface area contributed by atoms with E-state index in [1.54, 1.807) is 12.4 Å². The number of hydrogen-bond acceptors (Lipinski definition) is 4. The topological polar surface area (TPSA) is 71.1 Å². The van der Waals surface area contributed by atoms with Crippen molar-refractivity contribution < 1.29 is 8.42 Å². The zero-order chi connectivity index (χ0) is 13.0. The van der Waals surface area contributed by atoms with Crippen molar-refractivity contribution in [3.8, 4) is 0 Å². The molecular formula is C12H19N3O2S. The molecule has 1 unspecified atom stereocenters. The van der Waals surface area contributed by atoms with Gasteiger partial charge in [-0.15, -0.1) is 0 Å². The summed E-state index contributed by atoms with van der Waals surface area (Å²) in [5.41, 5.74) is 1.97. The quantitative estimate of drug-likeness (QED) is 0.838. The third-order valence-electron chi connectivity index (χ3n) is 3.30. The molecule has 1 saturated heterocycles. The lowest BCUT2D eigenvalue weighted by molar-refractivity contribution is 0.490. The second kappa shape index (κ2) is 5.77. The van der Waals surface area contributed by atoms with Crippen LogP contribution >= 0.6 is 0 Å². The van der Waals surface area contributed by atoms with E-state index in [0.29, 0.717) is 13.1 Å². The van der Waals surface area contributed by atoms with Crippen LogP contribution in [0.25, 0.3) is 0 Å². The van der Waals surface area contributed by atoms with E-state index in [-0.39, 0.29) is 5.25 Å². The first kappa shape index (κ1) is 13.5. The lowest BCUT2D eigenvalue weighted by Gasteiger charge is -2.23. The molecule has 0 amide bonds. The van der Waals surface area contributed by atoms with E-state index in [1.165, 1.54) is 0 Å². The minimum Gasteiger partial charge on any atom is -0.315 e. The van der Waals surface area contributed by atoms with Crippen molar-refractivity contribution >= 4 is 10.0 Å². The van der Waals surface area contributed by atoms with Gasteiger partial charge in [-0.25, -0.2) is 13.1 Å². The van der Waals surface area contributed by atoms with Crippen LogP contribution in [0.4, 0.5) is 0 Å². The fourth-order valence-electron chi connectivity index (χ4n) is 2.06. The zero-order valence-electron chi connectivity index (χ0n) is 10.5. The first-order valence-electron chi connectivity index (χ1n) is 6.18. The van der Waals surface area contributed by atoms with Crippen LogP contribution in [0.1, 0.15) is 24.0 Å². The SMILES string of the molecule is Cc1ccncc1CNS(=O)(=O)C1CCCNC1. The van der Waals surface area contributed by atoms with Crippen molar-refractivity contribution in [1.29, 1.82) is 0 Å². The maximum atomic E-state index is 12.1. The number of nitrogens with one attached hydrogen (secondary N) is 2. The van der Waals surface area contributed by atoms with Crippen LogP contribution in [0.2, 0.25) is 0 Å². The molecule has 1 aliphatic rings. The molecule has 2 rings (SSSR count). The molecule has 1 atom stereocenters. The second-order valence-electron chi connectivity index (χ2n) is 4.64. The van der Waals surface area contributed by atoms with Crippen molar-refractivity contribution in [3.63, 3.8) is 0 Å². The molecule has 6 heteroatoms. The summed E-state index contributed by atoms with van der Waals surface area (Å²) in [5, 5.41) is 2.80. The number of aryl methyl sites for hydroxylation is 1. The van der Waals surface area contributed by atoms with Gasteiger partial charge in [-0.3, -0.25) is 4.98 Å². The van der Waals surface area contributed by atoms with Gasteiger partial charge >= 0.3 is 0 Å². The summed E-state index contributed by atoms with van der Waals surface area (Å²) in [6.45, 7) is 3.72. The molecule has 0 aromatic carbocycles. The number of rotatable bonds is 4. The van der Waals surface area contributed by atoms with E-state index in [4.69, 9.17) is 0 Å². The van der Waals surface area contributed by atoms with Gasteiger partial charge in [0.2, 0.25) is 10.0 Å². The highest BCUT2D eigenvalue weighted by Gasteiger charge is 2.26. The molecule has 0 saturated carbocycles. The molecule has 0 radical (unpaired) electrons. The van der Waals surface area contributed by atoms with Crippen LogP contribution in [0.15, 0.2) is 18.5 Å². The Morgan fingerprint density at radius 2 is 2.39 bits per heavy atom. The Balaban J connectivity index is 1.98. The third-order valence-corrected chi connectivity index (χ3v) is 5.13. The average Bonchev–Trinajstić information content (AvgIpc) is 2.39. The minimum atomic E-state index is -3.24. The normalized spacial score (nSPS) is 20.8. The molecule has 1 fully saturated rings. The number of nitrogens with zero attached hydrogens (tertiary/aromatic N) is 1. The molecule has 0 spiro atoms. The van der Waals surface area contributed by atoms with E-state index in [2.05, 4.69) is 15.0 Å². The van der Waals surface area contributed by atoms with Crippen LogP contribution in [0, 0.1) is 6.92 Å². The smallest absolute Gasteiger partial charge is 0.216 e. The van der Waals surface area contributed by atoms with Crippen molar-refractivity contribution in [2.75, 3.05) is 13.1 Å². The lowest BCUT2D eigenvalue weighted by atomic mass is 10.2. The fraction of sp³-hybridized carbons (Fsp3) is 0.583. The summed E-state index contributed by atoms with van der Waals surface area (Å²) in [6, 6.07) is 1.88. The predicted octanol–water partition coefficient (Wildman–Crippen LogP) is 0.561. The summed E-state index contributed by atoms with van der Waals surface area (Å²) < 4.78 is 26.9. The molecule has 1 aromatic heterocycles. The molecule has 0 bridgehead atoms. The minimum absolute atomic E-state index is 0.316. The maximum Gasteiger partial charge on any atom is 0.216 e. The maximum absolute atomic E-state index is 12.1. The highest BCUT2D eigenvalue weighted by atomic mass is 32.2. The summed E-state index contributed by atoms with van der Waals surface area (Å²) in [6.07, 6.45) is 5.06. The zero-order valence-corrected chi connectivity index (χ0v) is 11.3. The Morgan fingerprint density at radius 3 is 3.06 bits per heavy atom. The van der Waals surface area contributed by atoms with E-state index in [1.807, 2.05) is 13.0 Å². The standard InChI is InChI=1S/C12H19N3O2S/c1-10-4-6-14-7-11(10)8-15-18(16,17)12-3-2-5-13-9-12/h4,6-7,12-13,15H,2-3,5,8-9H2,1H3. The second-order valence-corrected chi connectivity index (χ2v) is 6.68. The van der Waals surface area contributed by atoms with E-state index < -0.39 is 10.0 Å². The molecule has 18 heavy (non-hydrogen) atoms. The Hall–Kier alpha value is -0.980. The van der Waals surface area contributed by atoms with E-state index in [9.17, 15) is 8.42 Å². The van der Waals surface area contributed by atoms with Crippen molar-refractivity contribution in [1.82, 2.24) is 15.0 Å². The molecule has 100 valence electrons. The Labute approximate surface area is 108 Å². The Morgan fingerprint density at radius 1 is 1.56 bits per heavy atom. The highest BCUT2D eigenvalue weighted by molar-refractivity contribution is 7.90. The van der Waals surface area contributed by atoms with Gasteiger partial charge in [0.15, 0.2) is 0 Å². The molecule has 5 nitrogen and oxygen atoms in total. The summed E-state index contributed by atoms with van der Waals surface area (Å²) in [4.78, 5) is 4.01. The number of sulfonamides is 1. The molecule has 2 N–H and O–H groups in total. The van der Waals surface area contributed by atoms with Crippen LogP contribution in [0.5, 0.6) is 0 Å². The van der Waals surface area contributed by atoms with Gasteiger partial charge in [0, 0.05) is 25.5 Å². The van der Waals surface area contributed by atoms with Crippen LogP contribution < -0.4 is 10.0 Å². The van der Waals surface area contributed by atoms with E-state index in [0.717, 1.165) is 30.5 Å². The van der Waals surface area contributed by atoms with E-state index >= 15 is 0 Å². The summed E-state index contributed by atoms with van der Waals surface area (Å²) in [5.74, 6) is 0. The monoisotopic (exact) mass is 269 g/mol. The molecule has 0 aliphatic carbocycles. The first-order valence-corrected chi connectivity index (χ1v) is 7.73. The Bertz CT molecular complexity index is 496. The van der Waals surface area contributed by atoms with Crippen LogP contribution in [-0.2, 0) is 16.6 Å². The number of pyridine rings is 1. The van der Waals surface area contributed by atoms with Crippen molar-refractivity contribution in [2.45, 2.75) is 31.6 Å². The first-order chi connectivity index (χ1) is 8.59. The van der Waals surface area contributed by atoms with Gasteiger partial charge in [0.1, 0.15) is 0 Å². The van der Waals surface area contributed by atoms with Crippen molar-refractivity contribution in [3.05, 3.63) is 29.6 Å². The number of aromatic nitrogens is 1. The molecule has 2 heterocycles. The van der Waals surface area contributed by atoms with Crippen LogP contribution in [-0.4, -0.2) is 31.7 Å². The predicted molar refractivity (Wildman–Crippen MR) is 70.6 cm³/mol. The van der Waals surface area contributed by atoms with Gasteiger partial charge in [0.25, 0.3) is 0 Å². The van der Waals surface area contributed by atoms with Gasteiger partial charge in [-0.2, -0.15) is 0 Å². The summed E-state index contributed by atoms with van der Waals surface area (Å²) in [7, 11) is -3.24. The molecular weight excluding hydrogens is 250 g/mol. The number of piperidine rings is 1. The Kier molecular flexibility index (Phi) is 4.31. The van der Waals surface area contributed by atoms with Gasteiger partial charge in [-0.05, 0) is 43.5 Å². The molecule has 1 aromatic rings. The largest absolute Gasteiger partial charge is 0.315 e. The van der Waals surface area contributed by atoms with Crippen molar-refractivity contribution in [2.24, 2.45) is 0 Å². The summed E-state index contributed by atoms with van der Waals surface area (Å²) >= 11 is 0. The average molecular weight is 269 g/mol. The number of hydrogen-bond donors (Lipinski definition) is 2. The van der Waals surface area contributed by atoms with Gasteiger partial charge in [0.05, 0.1) is 5.25 Å². The molecule has 1 aliphatic heterocycles. The van der Waals surface area contributed by atoms with Gasteiger partial charge < -0.3 is 5.32 Å². The van der Waals surface area contributed by atoms with Crippen LogP contribution in [0.3, 0.4) is 0 Å². The third kappa shape index (κ3) is 3.28. The lowest BCUT2D eigenvalue weighted by Crippen LogP contribution is -2.44.